The minimum atomic E-state index is -0.731. The van der Waals surface area contributed by atoms with Gasteiger partial charge in [0.25, 0.3) is 5.91 Å². The fraction of sp³-hybridized carbons (Fsp3) is 0.300. The first-order chi connectivity index (χ1) is 7.58. The summed E-state index contributed by atoms with van der Waals surface area (Å²) < 4.78 is 0.653. The number of phenolic OH excluding ortho intramolecular Hbond substituents is 1. The Balaban J connectivity index is 2.83. The average Bonchev–Trinajstić information content (AvgIpc) is 2.28. The van der Waals surface area contributed by atoms with Crippen molar-refractivity contribution in [1.82, 2.24) is 5.32 Å². The lowest BCUT2D eigenvalue weighted by Gasteiger charge is -2.13. The number of hydrogen-bond acceptors (Lipinski definition) is 4. The summed E-state index contributed by atoms with van der Waals surface area (Å²) in [6, 6.07) is 3.70. The van der Waals surface area contributed by atoms with E-state index < -0.39 is 11.9 Å². The lowest BCUT2D eigenvalue weighted by molar-refractivity contribution is 0.0876. The Labute approximate surface area is 101 Å². The molecule has 0 fully saturated rings. The quantitative estimate of drug-likeness (QED) is 0.639. The Morgan fingerprint density at radius 2 is 2.00 bits per heavy atom. The molecule has 1 amide bonds. The average molecular weight is 290 g/mol. The number of hydrogen-bond donors (Lipinski definition) is 4. The lowest BCUT2D eigenvalue weighted by Crippen LogP contribution is -2.40. The van der Waals surface area contributed by atoms with Gasteiger partial charge in [0, 0.05) is 4.47 Å². The second kappa shape index (κ2) is 5.83. The third-order valence-electron chi connectivity index (χ3n) is 1.98. The van der Waals surface area contributed by atoms with Gasteiger partial charge >= 0.3 is 0 Å². The van der Waals surface area contributed by atoms with Crippen molar-refractivity contribution in [3.8, 4) is 5.75 Å². The zero-order valence-electron chi connectivity index (χ0n) is 8.35. The molecule has 0 aromatic heterocycles. The van der Waals surface area contributed by atoms with Gasteiger partial charge in [-0.15, -0.1) is 0 Å². The molecule has 0 unspecified atom stereocenters. The standard InChI is InChI=1S/C10H12BrNO4/c11-6-1-2-9(15)8(3-6)10(16)12-7(4-13)5-14/h1-3,7,13-15H,4-5H2,(H,12,16). The van der Waals surface area contributed by atoms with Gasteiger partial charge in [-0.3, -0.25) is 4.79 Å². The van der Waals surface area contributed by atoms with Crippen molar-refractivity contribution in [2.75, 3.05) is 13.2 Å². The molecule has 88 valence electrons. The molecule has 0 aliphatic heterocycles. The number of halogens is 1. The van der Waals surface area contributed by atoms with E-state index in [-0.39, 0.29) is 24.5 Å². The molecule has 1 rings (SSSR count). The van der Waals surface area contributed by atoms with E-state index in [1.54, 1.807) is 6.07 Å². The number of aromatic hydroxyl groups is 1. The number of carbonyl (C=O) groups excluding carboxylic acids is 1. The number of benzene rings is 1. The normalized spacial score (nSPS) is 10.5. The zero-order chi connectivity index (χ0) is 12.1. The SMILES string of the molecule is O=C(NC(CO)CO)c1cc(Br)ccc1O. The number of phenols is 1. The topological polar surface area (TPSA) is 89.8 Å². The second-order valence-corrected chi connectivity index (χ2v) is 4.11. The van der Waals surface area contributed by atoms with E-state index in [2.05, 4.69) is 21.2 Å². The minimum absolute atomic E-state index is 0.0845. The fourth-order valence-corrected chi connectivity index (χ4v) is 1.46. The Morgan fingerprint density at radius 1 is 1.38 bits per heavy atom. The van der Waals surface area contributed by atoms with Gasteiger partial charge in [0.15, 0.2) is 0 Å². The van der Waals surface area contributed by atoms with Gasteiger partial charge in [-0.1, -0.05) is 15.9 Å². The van der Waals surface area contributed by atoms with Gasteiger partial charge in [0.2, 0.25) is 0 Å². The molecule has 0 aliphatic carbocycles. The van der Waals surface area contributed by atoms with Crippen molar-refractivity contribution in [3.63, 3.8) is 0 Å². The van der Waals surface area contributed by atoms with Gasteiger partial charge in [-0.05, 0) is 18.2 Å². The summed E-state index contributed by atoms with van der Waals surface area (Å²) in [6.45, 7) is -0.728. The highest BCUT2D eigenvalue weighted by atomic mass is 79.9. The largest absolute Gasteiger partial charge is 0.507 e. The second-order valence-electron chi connectivity index (χ2n) is 3.20. The molecule has 0 saturated carbocycles. The smallest absolute Gasteiger partial charge is 0.255 e. The number of nitrogens with one attached hydrogen (secondary N) is 1. The van der Waals surface area contributed by atoms with Crippen LogP contribution in [0.25, 0.3) is 0 Å². The van der Waals surface area contributed by atoms with Crippen LogP contribution in [0, 0.1) is 0 Å². The summed E-state index contributed by atoms with van der Waals surface area (Å²) in [4.78, 5) is 11.6. The predicted octanol–water partition coefficient (Wildman–Crippen LogP) is 0.238. The maximum absolute atomic E-state index is 11.6. The molecule has 1 aromatic carbocycles. The third-order valence-corrected chi connectivity index (χ3v) is 2.47. The van der Waals surface area contributed by atoms with Crippen LogP contribution in [0.4, 0.5) is 0 Å². The van der Waals surface area contributed by atoms with E-state index in [1.807, 2.05) is 0 Å². The molecule has 0 radical (unpaired) electrons. The van der Waals surface area contributed by atoms with Crippen LogP contribution >= 0.6 is 15.9 Å². The van der Waals surface area contributed by atoms with Crippen LogP contribution in [0.2, 0.25) is 0 Å². The van der Waals surface area contributed by atoms with Crippen molar-refractivity contribution in [1.29, 1.82) is 0 Å². The molecule has 1 aromatic rings. The molecule has 5 nitrogen and oxygen atoms in total. The van der Waals surface area contributed by atoms with E-state index in [0.29, 0.717) is 4.47 Å². The van der Waals surface area contributed by atoms with E-state index in [4.69, 9.17) is 10.2 Å². The van der Waals surface area contributed by atoms with Crippen LogP contribution in [0.1, 0.15) is 10.4 Å². The van der Waals surface area contributed by atoms with E-state index in [9.17, 15) is 9.90 Å². The number of aliphatic hydroxyl groups excluding tert-OH is 2. The van der Waals surface area contributed by atoms with Crippen molar-refractivity contribution in [3.05, 3.63) is 28.2 Å². The summed E-state index contributed by atoms with van der Waals surface area (Å²) in [7, 11) is 0. The summed E-state index contributed by atoms with van der Waals surface area (Å²) >= 11 is 3.18. The number of amides is 1. The van der Waals surface area contributed by atoms with Crippen molar-refractivity contribution < 1.29 is 20.1 Å². The van der Waals surface area contributed by atoms with Crippen LogP contribution < -0.4 is 5.32 Å². The molecular weight excluding hydrogens is 278 g/mol. The first kappa shape index (κ1) is 13.0. The molecule has 16 heavy (non-hydrogen) atoms. The van der Waals surface area contributed by atoms with Gasteiger partial charge in [0.1, 0.15) is 5.75 Å². The summed E-state index contributed by atoms with van der Waals surface area (Å²) in [5.74, 6) is -0.706. The Kier molecular flexibility index (Phi) is 4.72. The molecule has 0 heterocycles. The number of carbonyl (C=O) groups is 1. The molecule has 0 aliphatic rings. The zero-order valence-corrected chi connectivity index (χ0v) is 9.94. The van der Waals surface area contributed by atoms with E-state index >= 15 is 0 Å². The maximum Gasteiger partial charge on any atom is 0.255 e. The van der Waals surface area contributed by atoms with Crippen molar-refractivity contribution in [2.45, 2.75) is 6.04 Å². The van der Waals surface area contributed by atoms with E-state index in [0.717, 1.165) is 0 Å². The Hall–Kier alpha value is -1.11. The van der Waals surface area contributed by atoms with Gasteiger partial charge in [-0.2, -0.15) is 0 Å². The minimum Gasteiger partial charge on any atom is -0.507 e. The van der Waals surface area contributed by atoms with Crippen molar-refractivity contribution >= 4 is 21.8 Å². The Bertz CT molecular complexity index is 379. The first-order valence-electron chi connectivity index (χ1n) is 4.59. The van der Waals surface area contributed by atoms with Gasteiger partial charge in [0.05, 0.1) is 24.8 Å². The summed E-state index contributed by atoms with van der Waals surface area (Å²) in [5.41, 5.74) is 0.0845. The van der Waals surface area contributed by atoms with Gasteiger partial charge in [-0.25, -0.2) is 0 Å². The molecule has 4 N–H and O–H groups in total. The first-order valence-corrected chi connectivity index (χ1v) is 5.39. The van der Waals surface area contributed by atoms with Crippen LogP contribution in [0.5, 0.6) is 5.75 Å². The predicted molar refractivity (Wildman–Crippen MR) is 61.2 cm³/mol. The maximum atomic E-state index is 11.6. The third kappa shape index (κ3) is 3.19. The van der Waals surface area contributed by atoms with E-state index in [1.165, 1.54) is 12.1 Å². The highest BCUT2D eigenvalue weighted by Gasteiger charge is 2.15. The molecule has 0 saturated heterocycles. The highest BCUT2D eigenvalue weighted by Crippen LogP contribution is 2.21. The molecular formula is C10H12BrNO4. The number of aliphatic hydroxyl groups is 2. The lowest BCUT2D eigenvalue weighted by atomic mass is 10.2. The van der Waals surface area contributed by atoms with Crippen LogP contribution in [-0.2, 0) is 0 Å². The number of rotatable bonds is 4. The molecule has 0 spiro atoms. The summed E-state index contributed by atoms with van der Waals surface area (Å²) in [6.07, 6.45) is 0. The molecule has 0 atom stereocenters. The van der Waals surface area contributed by atoms with Gasteiger partial charge < -0.3 is 20.6 Å². The molecule has 0 bridgehead atoms. The van der Waals surface area contributed by atoms with Crippen LogP contribution in [-0.4, -0.2) is 40.5 Å². The van der Waals surface area contributed by atoms with Crippen molar-refractivity contribution in [2.24, 2.45) is 0 Å². The highest BCUT2D eigenvalue weighted by molar-refractivity contribution is 9.10. The summed E-state index contributed by atoms with van der Waals surface area (Å²) in [5, 5.41) is 29.4. The monoisotopic (exact) mass is 289 g/mol. The van der Waals surface area contributed by atoms with Crippen LogP contribution in [0.15, 0.2) is 22.7 Å². The Morgan fingerprint density at radius 3 is 2.56 bits per heavy atom. The van der Waals surface area contributed by atoms with Crippen LogP contribution in [0.3, 0.4) is 0 Å². The molecule has 6 heteroatoms. The fourth-order valence-electron chi connectivity index (χ4n) is 1.10.